The number of Topliss-reactive ketones (excluding diaryl/α,β-unsaturated/α-hetero) is 1. The molecule has 4 heteroatoms. The number of nitrogens with zero attached hydrogens (tertiary/aromatic N) is 2. The number of carbonyl (C=O) groups is 1. The monoisotopic (exact) mass is 170 g/mol. The van der Waals surface area contributed by atoms with Crippen LogP contribution in [0.3, 0.4) is 0 Å². The van der Waals surface area contributed by atoms with Crippen molar-refractivity contribution in [3.8, 4) is 5.40 Å². The summed E-state index contributed by atoms with van der Waals surface area (Å²) in [4.78, 5) is 13.0. The lowest BCUT2D eigenvalue weighted by atomic mass is 10.4. The van der Waals surface area contributed by atoms with Crippen molar-refractivity contribution in [3.63, 3.8) is 0 Å². The number of hydrogen-bond acceptors (Lipinski definition) is 4. The van der Waals surface area contributed by atoms with E-state index in [9.17, 15) is 4.79 Å². The van der Waals surface area contributed by atoms with Gasteiger partial charge >= 0.3 is 0 Å². The number of allylic oxidation sites excluding steroid dienone is 1. The molecule has 0 aromatic heterocycles. The SMILES string of the molecule is CC(=O)/C(=C/N(C)C)SC#N. The Morgan fingerprint density at radius 1 is 1.64 bits per heavy atom. The van der Waals surface area contributed by atoms with E-state index in [1.807, 2.05) is 5.40 Å². The van der Waals surface area contributed by atoms with E-state index in [0.29, 0.717) is 4.91 Å². The van der Waals surface area contributed by atoms with Gasteiger partial charge in [-0.15, -0.1) is 0 Å². The number of nitriles is 1. The van der Waals surface area contributed by atoms with Gasteiger partial charge in [0.25, 0.3) is 0 Å². The molecule has 0 bridgehead atoms. The maximum Gasteiger partial charge on any atom is 0.168 e. The molecule has 0 aromatic carbocycles. The van der Waals surface area contributed by atoms with Crippen molar-refractivity contribution in [2.24, 2.45) is 0 Å². The number of hydrogen-bond donors (Lipinski definition) is 0. The lowest BCUT2D eigenvalue weighted by Gasteiger charge is -2.05. The van der Waals surface area contributed by atoms with Gasteiger partial charge in [-0.1, -0.05) is 0 Å². The summed E-state index contributed by atoms with van der Waals surface area (Å²) in [6.07, 6.45) is 1.64. The predicted molar refractivity (Wildman–Crippen MR) is 45.7 cm³/mol. The van der Waals surface area contributed by atoms with Gasteiger partial charge < -0.3 is 4.90 Å². The van der Waals surface area contributed by atoms with Gasteiger partial charge in [-0.25, -0.2) is 0 Å². The van der Waals surface area contributed by atoms with E-state index >= 15 is 0 Å². The molecule has 0 fully saturated rings. The zero-order valence-electron chi connectivity index (χ0n) is 6.79. The standard InChI is InChI=1S/C7H10N2OS/c1-6(10)7(11-5-8)4-9(2)3/h4H,1-3H3/b7-4-. The third-order valence-corrected chi connectivity index (χ3v) is 1.58. The summed E-state index contributed by atoms with van der Waals surface area (Å²) in [7, 11) is 3.61. The number of ketones is 1. The first-order valence-corrected chi connectivity index (χ1v) is 3.84. The maximum absolute atomic E-state index is 10.8. The fourth-order valence-corrected chi connectivity index (χ4v) is 0.978. The second-order valence-corrected chi connectivity index (χ2v) is 3.03. The molecule has 0 aliphatic heterocycles. The molecule has 0 amide bonds. The molecule has 0 N–H and O–H groups in total. The number of rotatable bonds is 3. The summed E-state index contributed by atoms with van der Waals surface area (Å²) in [5.74, 6) is -0.0785. The first kappa shape index (κ1) is 10.0. The molecule has 0 aliphatic rings. The van der Waals surface area contributed by atoms with Gasteiger partial charge in [0.2, 0.25) is 0 Å². The minimum Gasteiger partial charge on any atom is -0.382 e. The van der Waals surface area contributed by atoms with Crippen LogP contribution < -0.4 is 0 Å². The van der Waals surface area contributed by atoms with E-state index in [1.165, 1.54) is 6.92 Å². The molecular weight excluding hydrogens is 160 g/mol. The first-order valence-electron chi connectivity index (χ1n) is 3.03. The average Bonchev–Trinajstić information content (AvgIpc) is 1.86. The lowest BCUT2D eigenvalue weighted by Crippen LogP contribution is -2.04. The van der Waals surface area contributed by atoms with Crippen molar-refractivity contribution < 1.29 is 4.79 Å². The first-order chi connectivity index (χ1) is 5.07. The van der Waals surface area contributed by atoms with Crippen LogP contribution in [0.15, 0.2) is 11.1 Å². The fourth-order valence-electron chi connectivity index (χ4n) is 0.473. The van der Waals surface area contributed by atoms with Crippen molar-refractivity contribution in [1.82, 2.24) is 4.90 Å². The van der Waals surface area contributed by atoms with Gasteiger partial charge in [-0.3, -0.25) is 4.79 Å². The Hall–Kier alpha value is -0.950. The van der Waals surface area contributed by atoms with Gasteiger partial charge in [-0.05, 0) is 18.7 Å². The van der Waals surface area contributed by atoms with Crippen LogP contribution >= 0.6 is 11.8 Å². The molecule has 60 valence electrons. The van der Waals surface area contributed by atoms with Crippen molar-refractivity contribution in [1.29, 1.82) is 5.26 Å². The minimum absolute atomic E-state index is 0.0785. The summed E-state index contributed by atoms with van der Waals surface area (Å²) < 4.78 is 0. The van der Waals surface area contributed by atoms with Crippen LogP contribution in [-0.4, -0.2) is 24.8 Å². The fraction of sp³-hybridized carbons (Fsp3) is 0.429. The van der Waals surface area contributed by atoms with Crippen LogP contribution in [-0.2, 0) is 4.79 Å². The van der Waals surface area contributed by atoms with Crippen molar-refractivity contribution in [2.75, 3.05) is 14.1 Å². The van der Waals surface area contributed by atoms with E-state index < -0.39 is 0 Å². The van der Waals surface area contributed by atoms with E-state index in [-0.39, 0.29) is 5.78 Å². The summed E-state index contributed by atoms with van der Waals surface area (Å²) in [6, 6.07) is 0. The number of thiocyanates is 1. The van der Waals surface area contributed by atoms with Crippen LogP contribution in [0.5, 0.6) is 0 Å². The third kappa shape index (κ3) is 4.45. The van der Waals surface area contributed by atoms with E-state index in [4.69, 9.17) is 5.26 Å². The van der Waals surface area contributed by atoms with Crippen molar-refractivity contribution in [2.45, 2.75) is 6.92 Å². The van der Waals surface area contributed by atoms with Crippen LogP contribution in [0.4, 0.5) is 0 Å². The van der Waals surface area contributed by atoms with E-state index in [1.54, 1.807) is 25.2 Å². The molecule has 0 aliphatic carbocycles. The Balaban J connectivity index is 4.36. The number of carbonyl (C=O) groups excluding carboxylic acids is 1. The Morgan fingerprint density at radius 2 is 2.18 bits per heavy atom. The lowest BCUT2D eigenvalue weighted by molar-refractivity contribution is -0.113. The topological polar surface area (TPSA) is 44.1 Å². The Kier molecular flexibility index (Phi) is 4.39. The minimum atomic E-state index is -0.0785. The average molecular weight is 170 g/mol. The van der Waals surface area contributed by atoms with Crippen LogP contribution in [0, 0.1) is 10.7 Å². The van der Waals surface area contributed by atoms with Gasteiger partial charge in [0, 0.05) is 20.3 Å². The van der Waals surface area contributed by atoms with Crippen LogP contribution in [0.25, 0.3) is 0 Å². The molecule has 0 unspecified atom stereocenters. The highest BCUT2D eigenvalue weighted by Gasteiger charge is 2.03. The molecule has 0 heterocycles. The molecule has 0 saturated heterocycles. The third-order valence-electron chi connectivity index (χ3n) is 0.878. The Bertz CT molecular complexity index is 215. The molecule has 3 nitrogen and oxygen atoms in total. The Labute approximate surface area is 70.7 Å². The van der Waals surface area contributed by atoms with E-state index in [0.717, 1.165) is 11.8 Å². The molecule has 0 atom stereocenters. The highest BCUT2D eigenvalue weighted by Crippen LogP contribution is 2.14. The summed E-state index contributed by atoms with van der Waals surface area (Å²) in [5.41, 5.74) is 0. The zero-order valence-corrected chi connectivity index (χ0v) is 7.60. The normalized spacial score (nSPS) is 10.5. The molecule has 0 radical (unpaired) electrons. The van der Waals surface area contributed by atoms with Crippen LogP contribution in [0.1, 0.15) is 6.92 Å². The highest BCUT2D eigenvalue weighted by molar-refractivity contribution is 8.08. The van der Waals surface area contributed by atoms with Crippen molar-refractivity contribution >= 4 is 17.5 Å². The quantitative estimate of drug-likeness (QED) is 0.471. The second-order valence-electron chi connectivity index (χ2n) is 2.21. The van der Waals surface area contributed by atoms with Gasteiger partial charge in [0.15, 0.2) is 5.78 Å². The van der Waals surface area contributed by atoms with E-state index in [2.05, 4.69) is 0 Å². The molecule has 0 saturated carbocycles. The summed E-state index contributed by atoms with van der Waals surface area (Å²) in [5, 5.41) is 10.2. The van der Waals surface area contributed by atoms with Crippen LogP contribution in [0.2, 0.25) is 0 Å². The molecule has 0 rings (SSSR count). The molecule has 0 spiro atoms. The second kappa shape index (κ2) is 4.80. The molecular formula is C7H10N2OS. The molecule has 11 heavy (non-hydrogen) atoms. The number of thioether (sulfide) groups is 1. The maximum atomic E-state index is 10.8. The van der Waals surface area contributed by atoms with Crippen molar-refractivity contribution in [3.05, 3.63) is 11.1 Å². The Morgan fingerprint density at radius 3 is 2.45 bits per heavy atom. The smallest absolute Gasteiger partial charge is 0.168 e. The molecule has 0 aromatic rings. The van der Waals surface area contributed by atoms with Gasteiger partial charge in [-0.2, -0.15) is 5.26 Å². The summed E-state index contributed by atoms with van der Waals surface area (Å²) >= 11 is 0.888. The van der Waals surface area contributed by atoms with Gasteiger partial charge in [0.05, 0.1) is 4.91 Å². The summed E-state index contributed by atoms with van der Waals surface area (Å²) in [6.45, 7) is 1.44. The highest BCUT2D eigenvalue weighted by atomic mass is 32.2. The zero-order chi connectivity index (χ0) is 8.85. The predicted octanol–water partition coefficient (Wildman–Crippen LogP) is 1.19. The largest absolute Gasteiger partial charge is 0.382 e. The van der Waals surface area contributed by atoms with Gasteiger partial charge in [0.1, 0.15) is 5.40 Å².